The number of carboxylic acid groups (broad SMARTS) is 1. The van der Waals surface area contributed by atoms with Crippen molar-refractivity contribution in [1.82, 2.24) is 5.32 Å². The van der Waals surface area contributed by atoms with E-state index in [2.05, 4.69) is 19.2 Å². The number of carbonyl (C=O) groups excluding carboxylic acids is 2. The van der Waals surface area contributed by atoms with Crippen molar-refractivity contribution in [2.75, 3.05) is 6.54 Å². The van der Waals surface area contributed by atoms with Gasteiger partial charge in [-0.1, -0.05) is 232 Å². The second-order valence-corrected chi connectivity index (χ2v) is 18.3. The van der Waals surface area contributed by atoms with E-state index in [0.29, 0.717) is 32.2 Å². The number of amides is 1. The normalized spacial score (nSPS) is 12.5. The van der Waals surface area contributed by atoms with E-state index in [9.17, 15) is 19.5 Å². The predicted octanol–water partition coefficient (Wildman–Crippen LogP) is 15.6. The molecule has 350 valence electrons. The van der Waals surface area contributed by atoms with Crippen molar-refractivity contribution in [3.63, 3.8) is 0 Å². The molecule has 0 bridgehead atoms. The van der Waals surface area contributed by atoms with E-state index < -0.39 is 12.0 Å². The molecule has 7 heteroatoms. The fourth-order valence-corrected chi connectivity index (χ4v) is 8.46. The van der Waals surface area contributed by atoms with Crippen molar-refractivity contribution in [1.29, 1.82) is 0 Å². The summed E-state index contributed by atoms with van der Waals surface area (Å²) in [6, 6.07) is -0.853. The lowest BCUT2D eigenvalue weighted by Crippen LogP contribution is -2.40. The van der Waals surface area contributed by atoms with E-state index in [-0.39, 0.29) is 18.0 Å². The first kappa shape index (κ1) is 57.4. The zero-order valence-electron chi connectivity index (χ0n) is 39.6. The van der Waals surface area contributed by atoms with Gasteiger partial charge in [0.25, 0.3) is 0 Å². The van der Waals surface area contributed by atoms with Crippen LogP contribution in [-0.4, -0.2) is 41.6 Å². The number of esters is 1. The Bertz CT molecular complexity index is 898. The Labute approximate surface area is 367 Å². The minimum atomic E-state index is -0.999. The molecule has 0 radical (unpaired) electrons. The van der Waals surface area contributed by atoms with Crippen LogP contribution in [0.1, 0.15) is 296 Å². The van der Waals surface area contributed by atoms with E-state index in [0.717, 1.165) is 64.2 Å². The molecule has 0 aromatic heterocycles. The molecule has 0 aliphatic heterocycles. The van der Waals surface area contributed by atoms with Gasteiger partial charge in [0.05, 0.1) is 0 Å². The molecule has 0 aliphatic carbocycles. The van der Waals surface area contributed by atoms with Gasteiger partial charge in [0.15, 0.2) is 0 Å². The maximum atomic E-state index is 12.9. The molecule has 4 N–H and O–H groups in total. The van der Waals surface area contributed by atoms with Crippen LogP contribution in [0.3, 0.4) is 0 Å². The van der Waals surface area contributed by atoms with Crippen molar-refractivity contribution in [3.05, 3.63) is 0 Å². The summed E-state index contributed by atoms with van der Waals surface area (Å²) >= 11 is 0. The van der Waals surface area contributed by atoms with Crippen molar-refractivity contribution in [2.45, 2.75) is 309 Å². The largest absolute Gasteiger partial charge is 0.480 e. The molecule has 0 aromatic rings. The number of hydrogen-bond acceptors (Lipinski definition) is 5. The maximum absolute atomic E-state index is 12.9. The minimum absolute atomic E-state index is 0.00996. The Morgan fingerprint density at radius 1 is 0.424 bits per heavy atom. The molecule has 0 spiro atoms. The quantitative estimate of drug-likeness (QED) is 0.0415. The number of carbonyl (C=O) groups is 3. The zero-order chi connectivity index (χ0) is 43.1. The molecule has 0 saturated carbocycles. The second-order valence-electron chi connectivity index (χ2n) is 18.3. The van der Waals surface area contributed by atoms with Crippen molar-refractivity contribution in [2.24, 2.45) is 5.73 Å². The van der Waals surface area contributed by atoms with E-state index in [4.69, 9.17) is 10.5 Å². The molecule has 7 nitrogen and oxygen atoms in total. The first-order valence-electron chi connectivity index (χ1n) is 26.4. The minimum Gasteiger partial charge on any atom is -0.480 e. The molecule has 1 amide bonds. The van der Waals surface area contributed by atoms with Crippen LogP contribution in [0.15, 0.2) is 0 Å². The van der Waals surface area contributed by atoms with Gasteiger partial charge in [-0.25, -0.2) is 4.79 Å². The Balaban J connectivity index is 4.18. The lowest BCUT2D eigenvalue weighted by Gasteiger charge is -2.18. The summed E-state index contributed by atoms with van der Waals surface area (Å²) in [4.78, 5) is 36.6. The van der Waals surface area contributed by atoms with Gasteiger partial charge in [0.1, 0.15) is 12.1 Å². The molecule has 0 saturated heterocycles. The number of aliphatic carboxylic acids is 1. The lowest BCUT2D eigenvalue weighted by atomic mass is 10.0. The standard InChI is InChI=1S/C52H102N2O5/c1-3-5-7-9-11-13-15-17-18-19-20-21-22-23-25-27-29-31-36-40-46-51(56)59-48(42-37-33-30-28-26-24-16-14-12-10-8-6-4-2)43-38-34-32-35-39-45-50(55)54-49(52(57)58)44-41-47-53/h48-49H,3-47,53H2,1-2H3,(H,54,55)(H,57,58). The zero-order valence-corrected chi connectivity index (χ0v) is 39.6. The second kappa shape index (κ2) is 47.4. The van der Waals surface area contributed by atoms with Crippen LogP contribution < -0.4 is 11.1 Å². The number of nitrogens with one attached hydrogen (secondary N) is 1. The van der Waals surface area contributed by atoms with Crippen LogP contribution in [0.4, 0.5) is 0 Å². The molecular formula is C52H102N2O5. The van der Waals surface area contributed by atoms with Gasteiger partial charge < -0.3 is 20.9 Å². The Morgan fingerprint density at radius 2 is 0.729 bits per heavy atom. The van der Waals surface area contributed by atoms with Crippen LogP contribution in [0, 0.1) is 0 Å². The number of rotatable bonds is 49. The highest BCUT2D eigenvalue weighted by Crippen LogP contribution is 2.20. The summed E-state index contributed by atoms with van der Waals surface area (Å²) in [5, 5.41) is 12.0. The summed E-state index contributed by atoms with van der Waals surface area (Å²) in [5.41, 5.74) is 5.50. The molecule has 0 rings (SSSR count). The van der Waals surface area contributed by atoms with Gasteiger partial charge in [-0.15, -0.1) is 0 Å². The van der Waals surface area contributed by atoms with Gasteiger partial charge in [0, 0.05) is 12.8 Å². The fourth-order valence-electron chi connectivity index (χ4n) is 8.46. The Kier molecular flexibility index (Phi) is 46.1. The third-order valence-corrected chi connectivity index (χ3v) is 12.4. The molecule has 0 aromatic carbocycles. The monoisotopic (exact) mass is 835 g/mol. The molecule has 2 atom stereocenters. The number of hydrogen-bond donors (Lipinski definition) is 3. The van der Waals surface area contributed by atoms with E-state index in [1.807, 2.05) is 0 Å². The molecule has 0 fully saturated rings. The molecule has 2 unspecified atom stereocenters. The van der Waals surface area contributed by atoms with E-state index >= 15 is 0 Å². The summed E-state index contributed by atoms with van der Waals surface area (Å²) in [6.07, 6.45) is 53.1. The highest BCUT2D eigenvalue weighted by molar-refractivity contribution is 5.83. The predicted molar refractivity (Wildman–Crippen MR) is 253 cm³/mol. The molecule has 0 heterocycles. The highest BCUT2D eigenvalue weighted by atomic mass is 16.5. The Morgan fingerprint density at radius 3 is 1.05 bits per heavy atom. The summed E-state index contributed by atoms with van der Waals surface area (Å²) < 4.78 is 6.09. The van der Waals surface area contributed by atoms with Gasteiger partial charge in [0.2, 0.25) is 5.91 Å². The van der Waals surface area contributed by atoms with Crippen LogP contribution in [-0.2, 0) is 19.1 Å². The van der Waals surface area contributed by atoms with Crippen molar-refractivity contribution >= 4 is 17.8 Å². The number of ether oxygens (including phenoxy) is 1. The highest BCUT2D eigenvalue weighted by Gasteiger charge is 2.19. The molecule has 59 heavy (non-hydrogen) atoms. The first-order chi connectivity index (χ1) is 28.9. The van der Waals surface area contributed by atoms with Crippen LogP contribution in [0.2, 0.25) is 0 Å². The summed E-state index contributed by atoms with van der Waals surface area (Å²) in [6.45, 7) is 4.99. The summed E-state index contributed by atoms with van der Waals surface area (Å²) in [7, 11) is 0. The SMILES string of the molecule is CCCCCCCCCCCCCCCCCCCCCCC(=O)OC(CCCCCCCCCCCCCCC)CCCCCCCC(=O)NC(CCCN)C(=O)O. The molecular weight excluding hydrogens is 733 g/mol. The Hall–Kier alpha value is -1.63. The lowest BCUT2D eigenvalue weighted by molar-refractivity contribution is -0.150. The van der Waals surface area contributed by atoms with E-state index in [1.54, 1.807) is 0 Å². The van der Waals surface area contributed by atoms with Gasteiger partial charge in [-0.2, -0.15) is 0 Å². The first-order valence-corrected chi connectivity index (χ1v) is 26.4. The van der Waals surface area contributed by atoms with Gasteiger partial charge in [-0.3, -0.25) is 9.59 Å². The van der Waals surface area contributed by atoms with Crippen LogP contribution >= 0.6 is 0 Å². The van der Waals surface area contributed by atoms with Crippen molar-refractivity contribution in [3.8, 4) is 0 Å². The van der Waals surface area contributed by atoms with Crippen LogP contribution in [0.5, 0.6) is 0 Å². The van der Waals surface area contributed by atoms with E-state index in [1.165, 1.54) is 193 Å². The number of nitrogens with two attached hydrogens (primary N) is 1. The average molecular weight is 835 g/mol. The smallest absolute Gasteiger partial charge is 0.326 e. The third-order valence-electron chi connectivity index (χ3n) is 12.4. The third kappa shape index (κ3) is 44.2. The van der Waals surface area contributed by atoms with Crippen LogP contribution in [0.25, 0.3) is 0 Å². The topological polar surface area (TPSA) is 119 Å². The summed E-state index contributed by atoms with van der Waals surface area (Å²) in [5.74, 6) is -1.20. The molecule has 0 aliphatic rings. The van der Waals surface area contributed by atoms with Crippen molar-refractivity contribution < 1.29 is 24.2 Å². The average Bonchev–Trinajstić information content (AvgIpc) is 3.22. The fraction of sp³-hybridized carbons (Fsp3) is 0.942. The maximum Gasteiger partial charge on any atom is 0.326 e. The van der Waals surface area contributed by atoms with Gasteiger partial charge in [-0.05, 0) is 57.9 Å². The van der Waals surface area contributed by atoms with Gasteiger partial charge >= 0.3 is 11.9 Å². The number of carboxylic acids is 1. The number of unbranched alkanes of at least 4 members (excludes halogenated alkanes) is 35.